The van der Waals surface area contributed by atoms with Crippen molar-refractivity contribution in [1.29, 1.82) is 0 Å². The number of oxazole rings is 1. The van der Waals surface area contributed by atoms with Crippen LogP contribution in [0, 0.1) is 12.7 Å². The molecule has 9 nitrogen and oxygen atoms in total. The molecule has 6 rings (SSSR count). The average Bonchev–Trinajstić information content (AvgIpc) is 3.64. The van der Waals surface area contributed by atoms with Crippen molar-refractivity contribution in [3.63, 3.8) is 0 Å². The molecule has 1 aliphatic rings. The second kappa shape index (κ2) is 9.94. The van der Waals surface area contributed by atoms with Gasteiger partial charge in [-0.25, -0.2) is 9.37 Å². The highest BCUT2D eigenvalue weighted by atomic mass is 19.1. The molecule has 0 unspecified atom stereocenters. The molecule has 2 aromatic carbocycles. The van der Waals surface area contributed by atoms with E-state index in [4.69, 9.17) is 23.9 Å². The molecule has 3 aromatic heterocycles. The maximum atomic E-state index is 14.7. The lowest BCUT2D eigenvalue weighted by Crippen LogP contribution is -2.13. The molecule has 1 fully saturated rings. The Morgan fingerprint density at radius 2 is 1.97 bits per heavy atom. The van der Waals surface area contributed by atoms with Crippen molar-refractivity contribution < 1.29 is 18.3 Å². The van der Waals surface area contributed by atoms with Crippen molar-refractivity contribution in [1.82, 2.24) is 25.3 Å². The first-order chi connectivity index (χ1) is 18.5. The molecule has 3 heterocycles. The number of nitrogens with zero attached hydrogens (tertiary/aromatic N) is 3. The molecule has 0 amide bonds. The van der Waals surface area contributed by atoms with Crippen molar-refractivity contribution in [2.24, 2.45) is 0 Å². The van der Waals surface area contributed by atoms with Gasteiger partial charge in [-0.1, -0.05) is 6.07 Å². The van der Waals surface area contributed by atoms with Crippen molar-refractivity contribution in [3.8, 4) is 22.8 Å². The summed E-state index contributed by atoms with van der Waals surface area (Å²) in [6.45, 7) is 2.21. The van der Waals surface area contributed by atoms with E-state index in [1.807, 2.05) is 31.3 Å². The summed E-state index contributed by atoms with van der Waals surface area (Å²) in [5.41, 5.74) is 4.88. The lowest BCUT2D eigenvalue weighted by Gasteiger charge is -2.16. The summed E-state index contributed by atoms with van der Waals surface area (Å²) in [6.07, 6.45) is 6.17. The zero-order valence-corrected chi connectivity index (χ0v) is 21.5. The summed E-state index contributed by atoms with van der Waals surface area (Å²) in [5.74, 6) is 1.50. The van der Waals surface area contributed by atoms with Crippen molar-refractivity contribution in [3.05, 3.63) is 53.8 Å². The number of H-pyrrole nitrogens is 1. The van der Waals surface area contributed by atoms with Crippen LogP contribution in [0.25, 0.3) is 33.3 Å². The van der Waals surface area contributed by atoms with Gasteiger partial charge in [0.15, 0.2) is 11.5 Å². The Labute approximate surface area is 218 Å². The number of methoxy groups -OCH3 is 1. The molecule has 1 saturated carbocycles. The van der Waals surface area contributed by atoms with Crippen molar-refractivity contribution in [2.75, 3.05) is 19.5 Å². The second-order valence-electron chi connectivity index (χ2n) is 9.52. The third kappa shape index (κ3) is 4.51. The van der Waals surface area contributed by atoms with Gasteiger partial charge in [-0.15, -0.1) is 0 Å². The Balaban J connectivity index is 1.43. The largest absolute Gasteiger partial charge is 0.495 e. The van der Waals surface area contributed by atoms with Crippen LogP contribution in [0.4, 0.5) is 16.0 Å². The van der Waals surface area contributed by atoms with E-state index in [2.05, 4.69) is 20.6 Å². The summed E-state index contributed by atoms with van der Waals surface area (Å²) in [5, 5.41) is 6.88. The van der Waals surface area contributed by atoms with E-state index in [0.717, 1.165) is 47.7 Å². The first-order valence-corrected chi connectivity index (χ1v) is 12.7. The molecule has 1 aliphatic carbocycles. The minimum Gasteiger partial charge on any atom is -0.495 e. The molecule has 0 radical (unpaired) electrons. The molecule has 0 atom stereocenters. The summed E-state index contributed by atoms with van der Waals surface area (Å²) in [4.78, 5) is 17.1. The van der Waals surface area contributed by atoms with E-state index < -0.39 is 0 Å². The maximum Gasteiger partial charge on any atom is 0.232 e. The lowest BCUT2D eigenvalue weighted by molar-refractivity contribution is 0.204. The Morgan fingerprint density at radius 1 is 1.13 bits per heavy atom. The van der Waals surface area contributed by atoms with E-state index in [-0.39, 0.29) is 17.9 Å². The number of aryl methyl sites for hydroxylation is 1. The van der Waals surface area contributed by atoms with Crippen molar-refractivity contribution >= 4 is 33.8 Å². The van der Waals surface area contributed by atoms with Gasteiger partial charge in [0, 0.05) is 36.9 Å². The Kier molecular flexibility index (Phi) is 6.32. The van der Waals surface area contributed by atoms with Gasteiger partial charge in [0.2, 0.25) is 11.8 Å². The minimum absolute atomic E-state index is 0.0795. The normalized spacial score (nSPS) is 14.0. The fraction of sp³-hybridized carbons (Fsp3) is 0.321. The molecule has 10 heteroatoms. The zero-order valence-electron chi connectivity index (χ0n) is 21.5. The van der Waals surface area contributed by atoms with Gasteiger partial charge in [0.25, 0.3) is 0 Å². The van der Waals surface area contributed by atoms with E-state index >= 15 is 0 Å². The maximum absolute atomic E-state index is 14.7. The number of ether oxygens (including phenoxy) is 2. The molecule has 5 aromatic rings. The van der Waals surface area contributed by atoms with Gasteiger partial charge < -0.3 is 29.5 Å². The van der Waals surface area contributed by atoms with Gasteiger partial charge in [0.05, 0.1) is 18.2 Å². The number of fused-ring (bicyclic) bond motifs is 2. The second-order valence-corrected chi connectivity index (χ2v) is 9.52. The van der Waals surface area contributed by atoms with Crippen LogP contribution in [0.1, 0.15) is 37.1 Å². The van der Waals surface area contributed by atoms with Gasteiger partial charge >= 0.3 is 0 Å². The highest BCUT2D eigenvalue weighted by Gasteiger charge is 2.23. The van der Waals surface area contributed by atoms with Gasteiger partial charge in [-0.05, 0) is 56.5 Å². The highest BCUT2D eigenvalue weighted by molar-refractivity contribution is 5.99. The molecule has 196 valence electrons. The number of halogens is 1. The predicted octanol–water partition coefficient (Wildman–Crippen LogP) is 6.01. The molecule has 0 bridgehead atoms. The highest BCUT2D eigenvalue weighted by Crippen LogP contribution is 2.38. The number of rotatable bonds is 8. The smallest absolute Gasteiger partial charge is 0.232 e. The van der Waals surface area contributed by atoms with Crippen LogP contribution in [0.3, 0.4) is 0 Å². The van der Waals surface area contributed by atoms with Crippen LogP contribution < -0.4 is 20.1 Å². The Morgan fingerprint density at radius 3 is 2.76 bits per heavy atom. The van der Waals surface area contributed by atoms with Crippen LogP contribution in [-0.2, 0) is 6.54 Å². The molecular formula is C28H29FN6O3. The number of hydrogen-bond acceptors (Lipinski definition) is 8. The van der Waals surface area contributed by atoms with Crippen LogP contribution >= 0.6 is 0 Å². The summed E-state index contributed by atoms with van der Waals surface area (Å²) in [6, 6.07) is 8.96. The molecule has 0 aliphatic heterocycles. The van der Waals surface area contributed by atoms with E-state index in [1.165, 1.54) is 6.07 Å². The summed E-state index contributed by atoms with van der Waals surface area (Å²) >= 11 is 0. The topological polar surface area (TPSA) is 110 Å². The van der Waals surface area contributed by atoms with E-state index in [9.17, 15) is 4.39 Å². The number of aromatic amines is 1. The molecule has 0 saturated heterocycles. The standard InChI is InChI=1S/C28H29FN6O3/c1-15-32-21-9-8-16(10-24(21)37-15)19-14-31-26-25(19)27(38-18-6-4-5-7-18)35-28(34-26)33-22-12-20(29)17(13-30-2)11-23(22)36-3/h8-12,14,18,30H,4-7,13H2,1-3H3,(H2,31,33,34,35). The molecular weight excluding hydrogens is 487 g/mol. The quantitative estimate of drug-likeness (QED) is 0.230. The molecule has 3 N–H and O–H groups in total. The van der Waals surface area contributed by atoms with Crippen LogP contribution in [0.5, 0.6) is 11.6 Å². The van der Waals surface area contributed by atoms with E-state index in [1.54, 1.807) is 20.2 Å². The Bertz CT molecular complexity index is 1620. The average molecular weight is 517 g/mol. The van der Waals surface area contributed by atoms with Gasteiger partial charge in [-0.3, -0.25) is 0 Å². The fourth-order valence-corrected chi connectivity index (χ4v) is 5.05. The third-order valence-electron chi connectivity index (χ3n) is 6.87. The first kappa shape index (κ1) is 24.2. The summed E-state index contributed by atoms with van der Waals surface area (Å²) in [7, 11) is 3.31. The molecule has 38 heavy (non-hydrogen) atoms. The monoisotopic (exact) mass is 516 g/mol. The number of anilines is 2. The fourth-order valence-electron chi connectivity index (χ4n) is 5.05. The molecule has 0 spiro atoms. The SMILES string of the molecule is CNCc1cc(OC)c(Nc2nc(OC3CCCC3)c3c(-c4ccc5nc(C)oc5c4)c[nH]c3n2)cc1F. The minimum atomic E-state index is -0.355. The van der Waals surface area contributed by atoms with E-state index in [0.29, 0.717) is 46.5 Å². The number of benzene rings is 2. The van der Waals surface area contributed by atoms with Crippen LogP contribution in [0.15, 0.2) is 40.9 Å². The number of nitrogens with one attached hydrogen (secondary N) is 3. The predicted molar refractivity (Wildman–Crippen MR) is 144 cm³/mol. The number of aromatic nitrogens is 4. The Hall–Kier alpha value is -4.18. The van der Waals surface area contributed by atoms with Gasteiger partial charge in [0.1, 0.15) is 28.8 Å². The van der Waals surface area contributed by atoms with Crippen molar-refractivity contribution in [2.45, 2.75) is 45.3 Å². The zero-order chi connectivity index (χ0) is 26.2. The third-order valence-corrected chi connectivity index (χ3v) is 6.87. The summed E-state index contributed by atoms with van der Waals surface area (Å²) < 4.78 is 32.5. The first-order valence-electron chi connectivity index (χ1n) is 12.7. The number of hydrogen-bond donors (Lipinski definition) is 3. The lowest BCUT2D eigenvalue weighted by atomic mass is 10.1. The van der Waals surface area contributed by atoms with Crippen LogP contribution in [-0.4, -0.2) is 40.2 Å². The van der Waals surface area contributed by atoms with Gasteiger partial charge in [-0.2, -0.15) is 9.97 Å². The van der Waals surface area contributed by atoms with Crippen LogP contribution in [0.2, 0.25) is 0 Å².